The first kappa shape index (κ1) is 14.8. The number of ether oxygens (including phenoxy) is 1. The van der Waals surface area contributed by atoms with Crippen LogP contribution in [0.2, 0.25) is 0 Å². The molecule has 3 rings (SSSR count). The zero-order valence-corrected chi connectivity index (χ0v) is 13.0. The predicted octanol–water partition coefficient (Wildman–Crippen LogP) is 1.87. The highest BCUT2D eigenvalue weighted by atomic mass is 16.5. The third-order valence-electron chi connectivity index (χ3n) is 4.63. The fourth-order valence-corrected chi connectivity index (χ4v) is 3.33. The third-order valence-corrected chi connectivity index (χ3v) is 4.63. The molecule has 1 saturated carbocycles. The summed E-state index contributed by atoms with van der Waals surface area (Å²) in [7, 11) is 0. The quantitative estimate of drug-likeness (QED) is 0.868. The molecule has 1 aliphatic carbocycles. The van der Waals surface area contributed by atoms with Crippen LogP contribution in [0.25, 0.3) is 0 Å². The molecule has 116 valence electrons. The fourth-order valence-electron chi connectivity index (χ4n) is 3.33. The third kappa shape index (κ3) is 3.57. The summed E-state index contributed by atoms with van der Waals surface area (Å²) >= 11 is 0. The maximum absolute atomic E-state index is 6.07. The molecule has 1 heterocycles. The summed E-state index contributed by atoms with van der Waals surface area (Å²) in [6.45, 7) is 8.01. The molecule has 1 aromatic rings. The molecule has 2 N–H and O–H groups in total. The van der Waals surface area contributed by atoms with E-state index in [0.717, 1.165) is 24.9 Å². The van der Waals surface area contributed by atoms with Crippen LogP contribution in [0.3, 0.4) is 0 Å². The molecule has 4 nitrogen and oxygen atoms in total. The number of nitrogens with two attached hydrogens (primary N) is 1. The van der Waals surface area contributed by atoms with E-state index in [0.29, 0.717) is 19.2 Å². The Morgan fingerprint density at radius 3 is 2.62 bits per heavy atom. The van der Waals surface area contributed by atoms with Gasteiger partial charge in [0.25, 0.3) is 0 Å². The molecule has 0 bridgehead atoms. The standard InChI is InChI=1S/C17H27N3O/c1-2-21-16-5-3-4-14(12-16)17(13-18)20-10-8-19(9-11-20)15-6-7-15/h3-5,12,15,17H,2,6-11,13,18H2,1H3. The highest BCUT2D eigenvalue weighted by Gasteiger charge is 2.32. The van der Waals surface area contributed by atoms with Crippen molar-refractivity contribution >= 4 is 0 Å². The van der Waals surface area contributed by atoms with Gasteiger partial charge in [0.1, 0.15) is 5.75 Å². The normalized spacial score (nSPS) is 22.2. The molecule has 2 aliphatic rings. The second-order valence-corrected chi connectivity index (χ2v) is 6.06. The van der Waals surface area contributed by atoms with Crippen LogP contribution < -0.4 is 10.5 Å². The maximum atomic E-state index is 6.07. The van der Waals surface area contributed by atoms with Crippen molar-refractivity contribution in [2.45, 2.75) is 31.8 Å². The van der Waals surface area contributed by atoms with E-state index in [-0.39, 0.29) is 0 Å². The summed E-state index contributed by atoms with van der Waals surface area (Å²) in [5.74, 6) is 0.949. The molecule has 1 aliphatic heterocycles. The molecule has 1 saturated heterocycles. The molecule has 2 fully saturated rings. The number of rotatable bonds is 6. The minimum Gasteiger partial charge on any atom is -0.494 e. The van der Waals surface area contributed by atoms with Gasteiger partial charge in [0.15, 0.2) is 0 Å². The second kappa shape index (κ2) is 6.77. The maximum Gasteiger partial charge on any atom is 0.119 e. The van der Waals surface area contributed by atoms with E-state index >= 15 is 0 Å². The molecular formula is C17H27N3O. The Hall–Kier alpha value is -1.10. The second-order valence-electron chi connectivity index (χ2n) is 6.06. The summed E-state index contributed by atoms with van der Waals surface area (Å²) < 4.78 is 5.62. The highest BCUT2D eigenvalue weighted by Crippen LogP contribution is 2.30. The minimum atomic E-state index is 0.312. The number of hydrogen-bond donors (Lipinski definition) is 1. The lowest BCUT2D eigenvalue weighted by molar-refractivity contribution is 0.0937. The molecule has 0 amide bonds. The molecule has 1 unspecified atom stereocenters. The van der Waals surface area contributed by atoms with Crippen LogP contribution in [0.1, 0.15) is 31.4 Å². The minimum absolute atomic E-state index is 0.312. The molecule has 0 aromatic heterocycles. The molecule has 1 aromatic carbocycles. The largest absolute Gasteiger partial charge is 0.494 e. The Kier molecular flexibility index (Phi) is 4.78. The number of benzene rings is 1. The summed E-state index contributed by atoms with van der Waals surface area (Å²) in [6.07, 6.45) is 2.80. The average molecular weight is 289 g/mol. The van der Waals surface area contributed by atoms with Gasteiger partial charge in [-0.15, -0.1) is 0 Å². The average Bonchev–Trinajstić information content (AvgIpc) is 3.34. The topological polar surface area (TPSA) is 41.7 Å². The Morgan fingerprint density at radius 2 is 2.00 bits per heavy atom. The molecule has 21 heavy (non-hydrogen) atoms. The lowest BCUT2D eigenvalue weighted by Gasteiger charge is -2.39. The van der Waals surface area contributed by atoms with E-state index in [1.54, 1.807) is 0 Å². The molecule has 4 heteroatoms. The predicted molar refractivity (Wildman–Crippen MR) is 85.6 cm³/mol. The number of hydrogen-bond acceptors (Lipinski definition) is 4. The van der Waals surface area contributed by atoms with Crippen molar-refractivity contribution in [3.63, 3.8) is 0 Å². The summed E-state index contributed by atoms with van der Waals surface area (Å²) in [5.41, 5.74) is 7.35. The van der Waals surface area contributed by atoms with Gasteiger partial charge in [0, 0.05) is 44.8 Å². The van der Waals surface area contributed by atoms with Gasteiger partial charge in [-0.3, -0.25) is 9.80 Å². The SMILES string of the molecule is CCOc1cccc(C(CN)N2CCN(C3CC3)CC2)c1. The monoisotopic (exact) mass is 289 g/mol. The lowest BCUT2D eigenvalue weighted by atomic mass is 10.0. The number of piperazine rings is 1. The molecule has 1 atom stereocenters. The van der Waals surface area contributed by atoms with Gasteiger partial charge in [0.05, 0.1) is 6.61 Å². The Bertz CT molecular complexity index is 453. The van der Waals surface area contributed by atoms with Gasteiger partial charge in [-0.1, -0.05) is 12.1 Å². The van der Waals surface area contributed by atoms with Crippen molar-refractivity contribution in [3.8, 4) is 5.75 Å². The van der Waals surface area contributed by atoms with Gasteiger partial charge in [-0.05, 0) is 37.5 Å². The van der Waals surface area contributed by atoms with Gasteiger partial charge in [-0.2, -0.15) is 0 Å². The van der Waals surface area contributed by atoms with Crippen molar-refractivity contribution in [3.05, 3.63) is 29.8 Å². The Balaban J connectivity index is 1.65. The Morgan fingerprint density at radius 1 is 1.24 bits per heavy atom. The van der Waals surface area contributed by atoms with E-state index in [4.69, 9.17) is 10.5 Å². The summed E-state index contributed by atoms with van der Waals surface area (Å²) in [5, 5.41) is 0. The van der Waals surface area contributed by atoms with E-state index < -0.39 is 0 Å². The van der Waals surface area contributed by atoms with Crippen molar-refractivity contribution in [1.82, 2.24) is 9.80 Å². The van der Waals surface area contributed by atoms with Gasteiger partial charge in [-0.25, -0.2) is 0 Å². The zero-order valence-electron chi connectivity index (χ0n) is 13.0. The summed E-state index contributed by atoms with van der Waals surface area (Å²) in [4.78, 5) is 5.17. The van der Waals surface area contributed by atoms with Gasteiger partial charge >= 0.3 is 0 Å². The first-order valence-corrected chi connectivity index (χ1v) is 8.22. The fraction of sp³-hybridized carbons (Fsp3) is 0.647. The van der Waals surface area contributed by atoms with Crippen LogP contribution in [0.4, 0.5) is 0 Å². The molecular weight excluding hydrogens is 262 g/mol. The van der Waals surface area contributed by atoms with Crippen LogP contribution in [-0.4, -0.2) is 55.2 Å². The first-order valence-electron chi connectivity index (χ1n) is 8.22. The van der Waals surface area contributed by atoms with Crippen LogP contribution in [0.5, 0.6) is 5.75 Å². The van der Waals surface area contributed by atoms with E-state index in [1.165, 1.54) is 31.5 Å². The van der Waals surface area contributed by atoms with Crippen LogP contribution in [0.15, 0.2) is 24.3 Å². The van der Waals surface area contributed by atoms with Crippen molar-refractivity contribution < 1.29 is 4.74 Å². The van der Waals surface area contributed by atoms with Crippen LogP contribution in [-0.2, 0) is 0 Å². The van der Waals surface area contributed by atoms with Crippen molar-refractivity contribution in [2.75, 3.05) is 39.3 Å². The van der Waals surface area contributed by atoms with Gasteiger partial charge < -0.3 is 10.5 Å². The van der Waals surface area contributed by atoms with E-state index in [2.05, 4.69) is 28.0 Å². The number of nitrogens with zero attached hydrogens (tertiary/aromatic N) is 2. The summed E-state index contributed by atoms with van der Waals surface area (Å²) in [6, 6.07) is 9.60. The van der Waals surface area contributed by atoms with E-state index in [9.17, 15) is 0 Å². The van der Waals surface area contributed by atoms with Crippen LogP contribution in [0, 0.1) is 0 Å². The zero-order chi connectivity index (χ0) is 14.7. The van der Waals surface area contributed by atoms with Crippen molar-refractivity contribution in [1.29, 1.82) is 0 Å². The first-order chi connectivity index (χ1) is 10.3. The lowest BCUT2D eigenvalue weighted by Crippen LogP contribution is -2.49. The smallest absolute Gasteiger partial charge is 0.119 e. The van der Waals surface area contributed by atoms with Gasteiger partial charge in [0.2, 0.25) is 0 Å². The van der Waals surface area contributed by atoms with Crippen molar-refractivity contribution in [2.24, 2.45) is 5.73 Å². The molecule has 0 spiro atoms. The highest BCUT2D eigenvalue weighted by molar-refractivity contribution is 5.31. The van der Waals surface area contributed by atoms with E-state index in [1.807, 2.05) is 13.0 Å². The Labute approximate surface area is 127 Å². The van der Waals surface area contributed by atoms with Crippen LogP contribution >= 0.6 is 0 Å². The molecule has 0 radical (unpaired) electrons.